The number of carbonyl (C=O) groups excluding carboxylic acids is 4. The summed E-state index contributed by atoms with van der Waals surface area (Å²) in [6, 6.07) is 13.7. The number of hydrogen-bond acceptors (Lipinski definition) is 6. The van der Waals surface area contributed by atoms with Gasteiger partial charge in [0, 0.05) is 19.2 Å². The molecule has 8 heteroatoms. The number of rotatable bonds is 7. The van der Waals surface area contributed by atoms with Gasteiger partial charge in [0.25, 0.3) is 17.6 Å². The number of likely N-dealkylation sites (N-methyl/N-ethyl adjacent to an activating group) is 1. The van der Waals surface area contributed by atoms with Gasteiger partial charge in [0.1, 0.15) is 12.3 Å². The summed E-state index contributed by atoms with van der Waals surface area (Å²) in [5.41, 5.74) is 1.42. The zero-order chi connectivity index (χ0) is 21.0. The van der Waals surface area contributed by atoms with Gasteiger partial charge in [-0.1, -0.05) is 30.3 Å². The van der Waals surface area contributed by atoms with E-state index in [1.165, 1.54) is 11.0 Å². The van der Waals surface area contributed by atoms with Gasteiger partial charge < -0.3 is 14.4 Å². The Bertz CT molecular complexity index is 971. The molecule has 0 fully saturated rings. The molecule has 0 radical (unpaired) electrons. The van der Waals surface area contributed by atoms with Crippen molar-refractivity contribution in [1.29, 1.82) is 0 Å². The van der Waals surface area contributed by atoms with Gasteiger partial charge in [0.15, 0.2) is 6.61 Å². The Labute approximate surface area is 167 Å². The smallest absolute Gasteiger partial charge is 0.326 e. The van der Waals surface area contributed by atoms with E-state index in [1.807, 2.05) is 18.2 Å². The van der Waals surface area contributed by atoms with E-state index in [-0.39, 0.29) is 12.1 Å². The first-order chi connectivity index (χ1) is 13.9. The second-order valence-corrected chi connectivity index (χ2v) is 6.46. The van der Waals surface area contributed by atoms with Crippen LogP contribution < -0.4 is 9.64 Å². The highest BCUT2D eigenvalue weighted by atomic mass is 16.5. The van der Waals surface area contributed by atoms with Gasteiger partial charge in [-0.15, -0.1) is 0 Å². The summed E-state index contributed by atoms with van der Waals surface area (Å²) in [6.07, 6.45) is 0. The average molecular weight is 396 g/mol. The van der Waals surface area contributed by atoms with Gasteiger partial charge in [-0.2, -0.15) is 0 Å². The second-order valence-electron chi connectivity index (χ2n) is 6.46. The highest BCUT2D eigenvalue weighted by Crippen LogP contribution is 2.28. The Morgan fingerprint density at radius 2 is 1.72 bits per heavy atom. The lowest BCUT2D eigenvalue weighted by atomic mass is 10.1. The van der Waals surface area contributed by atoms with E-state index in [9.17, 15) is 19.2 Å². The van der Waals surface area contributed by atoms with Crippen LogP contribution in [0.5, 0.6) is 5.75 Å². The first-order valence-electron chi connectivity index (χ1n) is 8.89. The van der Waals surface area contributed by atoms with E-state index in [2.05, 4.69) is 0 Å². The standard InChI is InChI=1S/C21H20N2O6/c1-22(11-14-7-3-6-10-17(14)28-2)18(24)13-29-19(25)12-23-16-9-5-4-8-15(16)20(26)21(23)27/h3-10H,11-13H2,1-2H3. The minimum atomic E-state index is -0.789. The lowest BCUT2D eigenvalue weighted by molar-refractivity contribution is -0.150. The van der Waals surface area contributed by atoms with Crippen LogP contribution in [0.25, 0.3) is 0 Å². The number of ketones is 1. The monoisotopic (exact) mass is 396 g/mol. The van der Waals surface area contributed by atoms with Crippen molar-refractivity contribution in [3.8, 4) is 5.75 Å². The van der Waals surface area contributed by atoms with Gasteiger partial charge in [-0.3, -0.25) is 24.1 Å². The topological polar surface area (TPSA) is 93.2 Å². The molecule has 0 N–H and O–H groups in total. The fourth-order valence-corrected chi connectivity index (χ4v) is 3.01. The number of ether oxygens (including phenoxy) is 2. The number of esters is 1. The molecule has 0 saturated heterocycles. The predicted octanol–water partition coefficient (Wildman–Crippen LogP) is 1.43. The third-order valence-electron chi connectivity index (χ3n) is 4.55. The maximum Gasteiger partial charge on any atom is 0.326 e. The van der Waals surface area contributed by atoms with E-state index in [1.54, 1.807) is 38.4 Å². The maximum absolute atomic E-state index is 12.3. The van der Waals surface area contributed by atoms with Crippen molar-refractivity contribution in [3.63, 3.8) is 0 Å². The molecule has 0 unspecified atom stereocenters. The number of anilines is 1. The van der Waals surface area contributed by atoms with Gasteiger partial charge in [-0.05, 0) is 18.2 Å². The molecule has 3 rings (SSSR count). The van der Waals surface area contributed by atoms with Crippen LogP contribution in [0, 0.1) is 0 Å². The van der Waals surface area contributed by atoms with Crippen LogP contribution in [0.3, 0.4) is 0 Å². The van der Waals surface area contributed by atoms with E-state index in [4.69, 9.17) is 9.47 Å². The average Bonchev–Trinajstić information content (AvgIpc) is 2.97. The zero-order valence-corrected chi connectivity index (χ0v) is 16.1. The van der Waals surface area contributed by atoms with E-state index in [0.717, 1.165) is 10.5 Å². The van der Waals surface area contributed by atoms with Crippen LogP contribution in [0.15, 0.2) is 48.5 Å². The summed E-state index contributed by atoms with van der Waals surface area (Å²) in [6.45, 7) is -0.625. The number of amides is 2. The molecular formula is C21H20N2O6. The van der Waals surface area contributed by atoms with Crippen LogP contribution in [-0.2, 0) is 25.7 Å². The minimum absolute atomic E-state index is 0.248. The Balaban J connectivity index is 1.55. The number of hydrogen-bond donors (Lipinski definition) is 0. The molecule has 0 bridgehead atoms. The number of carbonyl (C=O) groups is 4. The molecule has 0 atom stereocenters. The first-order valence-corrected chi connectivity index (χ1v) is 8.89. The Hall–Kier alpha value is -3.68. The van der Waals surface area contributed by atoms with Gasteiger partial charge in [0.2, 0.25) is 0 Å². The molecule has 8 nitrogen and oxygen atoms in total. The van der Waals surface area contributed by atoms with E-state index in [0.29, 0.717) is 11.4 Å². The summed E-state index contributed by atoms with van der Waals surface area (Å²) in [7, 11) is 3.13. The van der Waals surface area contributed by atoms with E-state index >= 15 is 0 Å². The fraction of sp³-hybridized carbons (Fsp3) is 0.238. The predicted molar refractivity (Wildman–Crippen MR) is 104 cm³/mol. The van der Waals surface area contributed by atoms with Crippen LogP contribution in [0.4, 0.5) is 5.69 Å². The second kappa shape index (κ2) is 8.55. The third kappa shape index (κ3) is 4.26. The molecule has 1 heterocycles. The molecule has 1 aliphatic rings. The number of benzene rings is 2. The Morgan fingerprint density at radius 3 is 2.48 bits per heavy atom. The number of Topliss-reactive ketones (excluding diaryl/α,β-unsaturated/α-hetero) is 1. The van der Waals surface area contributed by atoms with Crippen molar-refractivity contribution < 1.29 is 28.7 Å². The van der Waals surface area contributed by atoms with Gasteiger partial charge >= 0.3 is 5.97 Å². The van der Waals surface area contributed by atoms with Gasteiger partial charge in [-0.25, -0.2) is 0 Å². The zero-order valence-electron chi connectivity index (χ0n) is 16.1. The molecular weight excluding hydrogens is 376 g/mol. The summed E-state index contributed by atoms with van der Waals surface area (Å²) in [4.78, 5) is 50.9. The Morgan fingerprint density at radius 1 is 1.03 bits per heavy atom. The van der Waals surface area contributed by atoms with Gasteiger partial charge in [0.05, 0.1) is 18.4 Å². The summed E-state index contributed by atoms with van der Waals surface area (Å²) < 4.78 is 10.3. The molecule has 0 saturated carbocycles. The van der Waals surface area contributed by atoms with Crippen molar-refractivity contribution in [2.45, 2.75) is 6.54 Å². The summed E-state index contributed by atoms with van der Waals surface area (Å²) in [5, 5.41) is 0. The van der Waals surface area contributed by atoms with Crippen LogP contribution in [0.2, 0.25) is 0 Å². The highest BCUT2D eigenvalue weighted by molar-refractivity contribution is 6.52. The van der Waals surface area contributed by atoms with Crippen molar-refractivity contribution >= 4 is 29.3 Å². The molecule has 0 aliphatic carbocycles. The molecule has 29 heavy (non-hydrogen) atoms. The largest absolute Gasteiger partial charge is 0.496 e. The maximum atomic E-state index is 12.3. The normalized spacial score (nSPS) is 12.6. The fourth-order valence-electron chi connectivity index (χ4n) is 3.01. The number of para-hydroxylation sites is 2. The molecule has 0 spiro atoms. The lowest BCUT2D eigenvalue weighted by Crippen LogP contribution is -2.37. The highest BCUT2D eigenvalue weighted by Gasteiger charge is 2.36. The Kier molecular flexibility index (Phi) is 5.92. The quantitative estimate of drug-likeness (QED) is 0.519. The van der Waals surface area contributed by atoms with Crippen molar-refractivity contribution in [3.05, 3.63) is 59.7 Å². The minimum Gasteiger partial charge on any atom is -0.496 e. The molecule has 0 aromatic heterocycles. The van der Waals surface area contributed by atoms with Crippen LogP contribution in [0.1, 0.15) is 15.9 Å². The van der Waals surface area contributed by atoms with Crippen LogP contribution in [-0.4, -0.2) is 55.8 Å². The molecule has 1 aliphatic heterocycles. The first kappa shape index (κ1) is 20.1. The van der Waals surface area contributed by atoms with Crippen LogP contribution >= 0.6 is 0 Å². The van der Waals surface area contributed by atoms with Crippen molar-refractivity contribution in [2.24, 2.45) is 0 Å². The number of nitrogens with zero attached hydrogens (tertiary/aromatic N) is 2. The number of methoxy groups -OCH3 is 1. The SMILES string of the molecule is COc1ccccc1CN(C)C(=O)COC(=O)CN1C(=O)C(=O)c2ccccc21. The summed E-state index contributed by atoms with van der Waals surface area (Å²) in [5.74, 6) is -1.99. The molecule has 2 aromatic rings. The summed E-state index contributed by atoms with van der Waals surface area (Å²) >= 11 is 0. The molecule has 2 aromatic carbocycles. The third-order valence-corrected chi connectivity index (χ3v) is 4.55. The van der Waals surface area contributed by atoms with Crippen molar-refractivity contribution in [2.75, 3.05) is 32.2 Å². The van der Waals surface area contributed by atoms with E-state index < -0.39 is 36.7 Å². The lowest BCUT2D eigenvalue weighted by Gasteiger charge is -2.19. The number of fused-ring (bicyclic) bond motifs is 1. The molecule has 150 valence electrons. The van der Waals surface area contributed by atoms with Crippen molar-refractivity contribution in [1.82, 2.24) is 4.90 Å². The molecule has 2 amide bonds.